The van der Waals surface area contributed by atoms with Crippen molar-refractivity contribution in [2.24, 2.45) is 0 Å². The van der Waals surface area contributed by atoms with Gasteiger partial charge in [-0.25, -0.2) is 4.98 Å². The van der Waals surface area contributed by atoms with E-state index in [-0.39, 0.29) is 5.91 Å². The van der Waals surface area contributed by atoms with Crippen LogP contribution < -0.4 is 10.6 Å². The third-order valence-corrected chi connectivity index (χ3v) is 3.73. The number of aromatic nitrogens is 1. The average molecular weight is 314 g/mol. The zero-order chi connectivity index (χ0) is 12.3. The molecule has 0 fully saturated rings. The quantitative estimate of drug-likeness (QED) is 0.912. The molecule has 6 heteroatoms. The Morgan fingerprint density at radius 3 is 3.12 bits per heavy atom. The highest BCUT2D eigenvalue weighted by atomic mass is 79.9. The van der Waals surface area contributed by atoms with Crippen molar-refractivity contribution in [3.05, 3.63) is 22.7 Å². The van der Waals surface area contributed by atoms with Gasteiger partial charge in [-0.1, -0.05) is 27.3 Å². The van der Waals surface area contributed by atoms with E-state index in [0.29, 0.717) is 13.0 Å². The van der Waals surface area contributed by atoms with Crippen LogP contribution in [-0.2, 0) is 4.79 Å². The Kier molecular flexibility index (Phi) is 3.96. The smallest absolute Gasteiger partial charge is 0.221 e. The lowest BCUT2D eigenvalue weighted by atomic mass is 10.3. The van der Waals surface area contributed by atoms with Gasteiger partial charge >= 0.3 is 0 Å². The van der Waals surface area contributed by atoms with E-state index in [1.54, 1.807) is 18.4 Å². The summed E-state index contributed by atoms with van der Waals surface area (Å²) in [5.41, 5.74) is 0.973. The van der Waals surface area contributed by atoms with Gasteiger partial charge in [0.05, 0.1) is 10.2 Å². The number of hydrogen-bond donors (Lipinski definition) is 2. The summed E-state index contributed by atoms with van der Waals surface area (Å²) in [4.78, 5) is 15.5. The SMILES string of the molecule is CNC(=O)CCNc1nc2ccc(Br)cc2s1. The highest BCUT2D eigenvalue weighted by Crippen LogP contribution is 2.28. The molecule has 2 rings (SSSR count). The lowest BCUT2D eigenvalue weighted by Crippen LogP contribution is -2.20. The van der Waals surface area contributed by atoms with Gasteiger partial charge in [0.2, 0.25) is 5.91 Å². The van der Waals surface area contributed by atoms with E-state index < -0.39 is 0 Å². The summed E-state index contributed by atoms with van der Waals surface area (Å²) in [5, 5.41) is 6.58. The molecule has 0 aliphatic rings. The number of hydrogen-bond acceptors (Lipinski definition) is 4. The summed E-state index contributed by atoms with van der Waals surface area (Å²) in [5.74, 6) is 0.0290. The monoisotopic (exact) mass is 313 g/mol. The van der Waals surface area contributed by atoms with Gasteiger partial charge in [-0.3, -0.25) is 4.79 Å². The summed E-state index contributed by atoms with van der Waals surface area (Å²) in [7, 11) is 1.64. The van der Waals surface area contributed by atoms with Crippen molar-refractivity contribution in [2.75, 3.05) is 18.9 Å². The fourth-order valence-corrected chi connectivity index (χ4v) is 2.83. The van der Waals surface area contributed by atoms with Crippen LogP contribution in [0.3, 0.4) is 0 Å². The number of carbonyl (C=O) groups is 1. The first-order valence-electron chi connectivity index (χ1n) is 5.19. The van der Waals surface area contributed by atoms with Gasteiger partial charge in [-0.05, 0) is 18.2 Å². The number of carbonyl (C=O) groups excluding carboxylic acids is 1. The molecule has 0 radical (unpaired) electrons. The molecule has 0 saturated carbocycles. The van der Waals surface area contributed by atoms with Crippen LogP contribution >= 0.6 is 27.3 Å². The highest BCUT2D eigenvalue weighted by Gasteiger charge is 2.04. The van der Waals surface area contributed by atoms with Crippen LogP contribution in [0.4, 0.5) is 5.13 Å². The van der Waals surface area contributed by atoms with Gasteiger partial charge < -0.3 is 10.6 Å². The molecule has 17 heavy (non-hydrogen) atoms. The summed E-state index contributed by atoms with van der Waals surface area (Å²) in [6, 6.07) is 5.98. The number of amides is 1. The van der Waals surface area contributed by atoms with Gasteiger partial charge in [0.15, 0.2) is 5.13 Å². The van der Waals surface area contributed by atoms with Crippen LogP contribution in [-0.4, -0.2) is 24.5 Å². The number of rotatable bonds is 4. The maximum absolute atomic E-state index is 11.0. The van der Waals surface area contributed by atoms with Gasteiger partial charge in [0.1, 0.15) is 0 Å². The van der Waals surface area contributed by atoms with E-state index in [0.717, 1.165) is 19.8 Å². The molecule has 0 atom stereocenters. The summed E-state index contributed by atoms with van der Waals surface area (Å²) < 4.78 is 2.17. The Bertz CT molecular complexity index is 540. The van der Waals surface area contributed by atoms with Gasteiger partial charge in [-0.2, -0.15) is 0 Å². The van der Waals surface area contributed by atoms with Crippen LogP contribution in [0.1, 0.15) is 6.42 Å². The number of thiazole rings is 1. The van der Waals surface area contributed by atoms with Crippen LogP contribution in [0.15, 0.2) is 22.7 Å². The molecule has 2 aromatic rings. The fourth-order valence-electron chi connectivity index (χ4n) is 1.38. The molecule has 0 aliphatic carbocycles. The number of nitrogens with one attached hydrogen (secondary N) is 2. The topological polar surface area (TPSA) is 54.0 Å². The van der Waals surface area contributed by atoms with Crippen LogP contribution in [0.2, 0.25) is 0 Å². The van der Waals surface area contributed by atoms with E-state index in [2.05, 4.69) is 31.5 Å². The van der Waals surface area contributed by atoms with Crippen LogP contribution in [0, 0.1) is 0 Å². The first-order chi connectivity index (χ1) is 8.19. The third-order valence-electron chi connectivity index (χ3n) is 2.26. The lowest BCUT2D eigenvalue weighted by molar-refractivity contribution is -0.120. The van der Waals surface area contributed by atoms with Crippen molar-refractivity contribution in [1.82, 2.24) is 10.3 Å². The zero-order valence-corrected chi connectivity index (χ0v) is 11.7. The number of fused-ring (bicyclic) bond motifs is 1. The number of halogens is 1. The number of benzene rings is 1. The normalized spacial score (nSPS) is 10.5. The first-order valence-corrected chi connectivity index (χ1v) is 6.80. The Balaban J connectivity index is 2.02. The molecule has 1 aromatic carbocycles. The van der Waals surface area contributed by atoms with Crippen molar-refractivity contribution >= 4 is 48.5 Å². The summed E-state index contributed by atoms with van der Waals surface area (Å²) in [6.45, 7) is 0.598. The van der Waals surface area contributed by atoms with Crippen LogP contribution in [0.5, 0.6) is 0 Å². The van der Waals surface area contributed by atoms with E-state index in [1.807, 2.05) is 18.2 Å². The van der Waals surface area contributed by atoms with E-state index in [9.17, 15) is 4.79 Å². The Hall–Kier alpha value is -1.14. The molecule has 1 aromatic heterocycles. The predicted octanol–water partition coefficient (Wildman–Crippen LogP) is 2.61. The summed E-state index contributed by atoms with van der Waals surface area (Å²) in [6.07, 6.45) is 0.454. The molecule has 1 amide bonds. The molecule has 0 unspecified atom stereocenters. The van der Waals surface area contributed by atoms with Crippen molar-refractivity contribution < 1.29 is 4.79 Å². The largest absolute Gasteiger partial charge is 0.361 e. The van der Waals surface area contributed by atoms with Gasteiger partial charge in [0.25, 0.3) is 0 Å². The molecule has 2 N–H and O–H groups in total. The average Bonchev–Trinajstić information content (AvgIpc) is 2.70. The lowest BCUT2D eigenvalue weighted by Gasteiger charge is -2.00. The van der Waals surface area contributed by atoms with Crippen molar-refractivity contribution in [1.29, 1.82) is 0 Å². The molecule has 0 saturated heterocycles. The van der Waals surface area contributed by atoms with Crippen molar-refractivity contribution in [2.45, 2.75) is 6.42 Å². The number of anilines is 1. The number of nitrogens with zero attached hydrogens (tertiary/aromatic N) is 1. The molecule has 4 nitrogen and oxygen atoms in total. The second-order valence-corrected chi connectivity index (χ2v) is 5.43. The predicted molar refractivity (Wildman–Crippen MR) is 74.5 cm³/mol. The maximum atomic E-state index is 11.0. The Morgan fingerprint density at radius 2 is 2.35 bits per heavy atom. The van der Waals surface area contributed by atoms with E-state index in [1.165, 1.54) is 0 Å². The van der Waals surface area contributed by atoms with Gasteiger partial charge in [0, 0.05) is 24.5 Å². The zero-order valence-electron chi connectivity index (χ0n) is 9.29. The fraction of sp³-hybridized carbons (Fsp3) is 0.273. The molecule has 0 bridgehead atoms. The Labute approximate surface area is 112 Å². The van der Waals surface area contributed by atoms with E-state index in [4.69, 9.17) is 0 Å². The molecule has 1 heterocycles. The second-order valence-electron chi connectivity index (χ2n) is 3.48. The minimum absolute atomic E-state index is 0.0290. The molecular formula is C11H12BrN3OS. The molecule has 90 valence electrons. The molecule has 0 spiro atoms. The second kappa shape index (κ2) is 5.46. The maximum Gasteiger partial charge on any atom is 0.221 e. The Morgan fingerprint density at radius 1 is 1.53 bits per heavy atom. The van der Waals surface area contributed by atoms with Crippen LogP contribution in [0.25, 0.3) is 10.2 Å². The van der Waals surface area contributed by atoms with Crippen molar-refractivity contribution in [3.8, 4) is 0 Å². The minimum Gasteiger partial charge on any atom is -0.361 e. The summed E-state index contributed by atoms with van der Waals surface area (Å²) >= 11 is 5.02. The standard InChI is InChI=1S/C11H12BrN3OS/c1-13-10(16)4-5-14-11-15-8-3-2-7(12)6-9(8)17-11/h2-3,6H,4-5H2,1H3,(H,13,16)(H,14,15). The first kappa shape index (κ1) is 12.3. The highest BCUT2D eigenvalue weighted by molar-refractivity contribution is 9.10. The minimum atomic E-state index is 0.0290. The third kappa shape index (κ3) is 3.17. The molecule has 0 aliphatic heterocycles. The van der Waals surface area contributed by atoms with Gasteiger partial charge in [-0.15, -0.1) is 0 Å². The van der Waals surface area contributed by atoms with E-state index >= 15 is 0 Å². The van der Waals surface area contributed by atoms with Crippen molar-refractivity contribution in [3.63, 3.8) is 0 Å². The molecular weight excluding hydrogens is 302 g/mol.